The van der Waals surface area contributed by atoms with Gasteiger partial charge < -0.3 is 18.9 Å². The molecule has 0 bridgehead atoms. The van der Waals surface area contributed by atoms with Gasteiger partial charge in [-0.2, -0.15) is 0 Å². The van der Waals surface area contributed by atoms with Gasteiger partial charge in [-0.05, 0) is 53.5 Å². The van der Waals surface area contributed by atoms with Gasteiger partial charge in [-0.1, -0.05) is 37.8 Å². The van der Waals surface area contributed by atoms with Crippen molar-refractivity contribution in [3.63, 3.8) is 0 Å². The fourth-order valence-corrected chi connectivity index (χ4v) is 4.73. The molecule has 2 aromatic heterocycles. The first-order valence-corrected chi connectivity index (χ1v) is 11.3. The predicted molar refractivity (Wildman–Crippen MR) is 148 cm³/mol. The number of carbonyl (C=O) groups is 1. The monoisotopic (exact) mass is 505 g/mol. The number of hydrogen-bond donors (Lipinski definition) is 0. The van der Waals surface area contributed by atoms with Crippen molar-refractivity contribution in [3.8, 4) is 22.8 Å². The van der Waals surface area contributed by atoms with Crippen LogP contribution in [0.5, 0.6) is 11.5 Å². The van der Waals surface area contributed by atoms with Crippen LogP contribution in [0, 0.1) is 0 Å². The normalized spacial score (nSPS) is 12.6. The molecule has 4 aromatic rings. The maximum atomic E-state index is 13.2. The average molecular weight is 506 g/mol. The number of aromatic nitrogens is 2. The van der Waals surface area contributed by atoms with E-state index in [0.717, 1.165) is 45.6 Å². The molecule has 1 aliphatic heterocycles. The molecule has 1 amide bonds. The molecule has 0 spiro atoms. The number of ether oxygens (including phenoxy) is 2. The van der Waals surface area contributed by atoms with Gasteiger partial charge >= 0.3 is 0 Å². The lowest BCUT2D eigenvalue weighted by Crippen LogP contribution is -2.34. The lowest BCUT2D eigenvalue weighted by atomic mass is 9.98. The molecule has 6 nitrogen and oxygen atoms in total. The van der Waals surface area contributed by atoms with Gasteiger partial charge in [-0.25, -0.2) is 4.98 Å². The van der Waals surface area contributed by atoms with Crippen LogP contribution in [0.2, 0.25) is 0 Å². The first kappa shape index (κ1) is 26.8. The van der Waals surface area contributed by atoms with E-state index in [1.165, 1.54) is 5.56 Å². The molecule has 0 atom stereocenters. The lowest BCUT2D eigenvalue weighted by Gasteiger charge is -2.28. The quantitative estimate of drug-likeness (QED) is 0.316. The van der Waals surface area contributed by atoms with E-state index in [4.69, 9.17) is 9.47 Å². The van der Waals surface area contributed by atoms with E-state index < -0.39 is 0 Å². The number of amides is 1. The third-order valence-corrected chi connectivity index (χ3v) is 6.45. The molecular formula is C29H32ClN3O3. The van der Waals surface area contributed by atoms with Crippen LogP contribution in [-0.4, -0.2) is 41.1 Å². The van der Waals surface area contributed by atoms with Crippen molar-refractivity contribution in [2.24, 2.45) is 7.05 Å². The average Bonchev–Trinajstić information content (AvgIpc) is 3.18. The van der Waals surface area contributed by atoms with Crippen LogP contribution in [0.4, 0.5) is 0 Å². The highest BCUT2D eigenvalue weighted by Gasteiger charge is 2.22. The van der Waals surface area contributed by atoms with Crippen LogP contribution in [0.3, 0.4) is 0 Å². The number of halogens is 1. The molecule has 2 aromatic carbocycles. The second-order valence-corrected chi connectivity index (χ2v) is 8.38. The molecule has 0 saturated carbocycles. The molecule has 0 fully saturated rings. The molecule has 3 heterocycles. The Labute approximate surface area is 218 Å². The van der Waals surface area contributed by atoms with Gasteiger partial charge in [0.05, 0.1) is 19.9 Å². The number of carbonyl (C=O) groups excluding carboxylic acids is 1. The summed E-state index contributed by atoms with van der Waals surface area (Å²) in [4.78, 5) is 19.7. The predicted octanol–water partition coefficient (Wildman–Crippen LogP) is 5.91. The molecule has 0 unspecified atom stereocenters. The number of methoxy groups -OCH3 is 2. The Hall–Kier alpha value is -3.77. The number of aryl methyl sites for hydroxylation is 1. The van der Waals surface area contributed by atoms with Crippen molar-refractivity contribution in [1.82, 2.24) is 14.5 Å². The zero-order valence-electron chi connectivity index (χ0n) is 20.0. The smallest absolute Gasteiger partial charge is 0.246 e. The molecule has 0 radical (unpaired) electrons. The lowest BCUT2D eigenvalue weighted by molar-refractivity contribution is -0.126. The van der Waals surface area contributed by atoms with Crippen LogP contribution < -0.4 is 9.47 Å². The van der Waals surface area contributed by atoms with E-state index in [-0.39, 0.29) is 25.7 Å². The summed E-state index contributed by atoms with van der Waals surface area (Å²) in [5.41, 5.74) is 6.29. The fraction of sp³-hybridized carbons (Fsp3) is 0.241. The van der Waals surface area contributed by atoms with Crippen molar-refractivity contribution in [3.05, 3.63) is 83.6 Å². The number of pyridine rings is 1. The van der Waals surface area contributed by atoms with E-state index in [2.05, 4.69) is 27.8 Å². The summed E-state index contributed by atoms with van der Waals surface area (Å²) in [5, 5.41) is 1.02. The molecule has 0 N–H and O–H groups in total. The Kier molecular flexibility index (Phi) is 8.43. The van der Waals surface area contributed by atoms with Crippen molar-refractivity contribution < 1.29 is 14.3 Å². The van der Waals surface area contributed by atoms with E-state index in [1.807, 2.05) is 54.4 Å². The summed E-state index contributed by atoms with van der Waals surface area (Å²) in [7, 11) is 5.28. The Morgan fingerprint density at radius 3 is 2.39 bits per heavy atom. The Morgan fingerprint density at radius 2 is 1.69 bits per heavy atom. The fourth-order valence-electron chi connectivity index (χ4n) is 4.73. The van der Waals surface area contributed by atoms with Crippen LogP contribution in [0.25, 0.3) is 28.4 Å². The molecule has 1 aliphatic rings. The van der Waals surface area contributed by atoms with Crippen LogP contribution in [0.1, 0.15) is 24.1 Å². The van der Waals surface area contributed by atoms with Gasteiger partial charge in [0, 0.05) is 43.4 Å². The summed E-state index contributed by atoms with van der Waals surface area (Å²) in [6.07, 6.45) is 6.19. The highest BCUT2D eigenvalue weighted by molar-refractivity contribution is 6.00. The summed E-state index contributed by atoms with van der Waals surface area (Å²) in [6, 6.07) is 18.2. The van der Waals surface area contributed by atoms with Gasteiger partial charge in [-0.3, -0.25) is 4.79 Å². The van der Waals surface area contributed by atoms with Crippen LogP contribution >= 0.6 is 12.4 Å². The number of benzene rings is 2. The van der Waals surface area contributed by atoms with Crippen molar-refractivity contribution in [1.29, 1.82) is 0 Å². The van der Waals surface area contributed by atoms with E-state index in [1.54, 1.807) is 26.5 Å². The van der Waals surface area contributed by atoms with Crippen LogP contribution in [0.15, 0.2) is 66.9 Å². The molecule has 188 valence electrons. The SMILES string of the molecule is C.COc1cc2c(cc1OC)CN(C(=O)/C=C/c1c(-c3ccccc3)n(C)c3ncccc13)CC2.Cl. The van der Waals surface area contributed by atoms with Crippen molar-refractivity contribution >= 4 is 35.4 Å². The minimum atomic E-state index is -0.0136. The Balaban J connectivity index is 0.00000180. The minimum absolute atomic E-state index is 0. The Bertz CT molecular complexity index is 1400. The number of hydrogen-bond acceptors (Lipinski definition) is 4. The maximum Gasteiger partial charge on any atom is 0.246 e. The first-order chi connectivity index (χ1) is 16.6. The van der Waals surface area contributed by atoms with Crippen molar-refractivity contribution in [2.75, 3.05) is 20.8 Å². The largest absolute Gasteiger partial charge is 0.493 e. The molecule has 0 saturated heterocycles. The first-order valence-electron chi connectivity index (χ1n) is 11.3. The second kappa shape index (κ2) is 11.3. The number of rotatable bonds is 5. The van der Waals surface area contributed by atoms with Gasteiger partial charge in [0.25, 0.3) is 0 Å². The topological polar surface area (TPSA) is 56.6 Å². The van der Waals surface area contributed by atoms with Crippen molar-refractivity contribution in [2.45, 2.75) is 20.4 Å². The summed E-state index contributed by atoms with van der Waals surface area (Å²) < 4.78 is 13.0. The van der Waals surface area contributed by atoms with Gasteiger partial charge in [0.15, 0.2) is 11.5 Å². The third-order valence-electron chi connectivity index (χ3n) is 6.45. The summed E-state index contributed by atoms with van der Waals surface area (Å²) >= 11 is 0. The zero-order valence-corrected chi connectivity index (χ0v) is 20.8. The third kappa shape index (κ3) is 4.82. The van der Waals surface area contributed by atoms with E-state index in [0.29, 0.717) is 18.8 Å². The van der Waals surface area contributed by atoms with E-state index >= 15 is 0 Å². The number of fused-ring (bicyclic) bond motifs is 2. The minimum Gasteiger partial charge on any atom is -0.493 e. The van der Waals surface area contributed by atoms with Crippen LogP contribution in [-0.2, 0) is 24.8 Å². The highest BCUT2D eigenvalue weighted by Crippen LogP contribution is 2.35. The molecule has 36 heavy (non-hydrogen) atoms. The zero-order chi connectivity index (χ0) is 23.7. The second-order valence-electron chi connectivity index (χ2n) is 8.38. The maximum absolute atomic E-state index is 13.2. The highest BCUT2D eigenvalue weighted by atomic mass is 35.5. The molecule has 0 aliphatic carbocycles. The number of nitrogens with zero attached hydrogens (tertiary/aromatic N) is 3. The summed E-state index contributed by atoms with van der Waals surface area (Å²) in [6.45, 7) is 1.20. The molecular weight excluding hydrogens is 474 g/mol. The molecule has 7 heteroatoms. The van der Waals surface area contributed by atoms with Gasteiger partial charge in [0.1, 0.15) is 5.65 Å². The van der Waals surface area contributed by atoms with Gasteiger partial charge in [0.2, 0.25) is 5.91 Å². The van der Waals surface area contributed by atoms with E-state index in [9.17, 15) is 4.79 Å². The standard InChI is InChI=1S/C28H27N3O3.CH4.ClH/c1-30-27(19-8-5-4-6-9-19)22(23-10-7-14-29-28(23)30)11-12-26(32)31-15-13-20-16-24(33-2)25(34-3)17-21(20)18-31;;/h4-12,14,16-17H,13,15,18H2,1-3H3;1H4;1H/b12-11+;;. The Morgan fingerprint density at radius 1 is 1.00 bits per heavy atom. The summed E-state index contributed by atoms with van der Waals surface area (Å²) in [5.74, 6) is 1.39. The molecule has 5 rings (SSSR count). The van der Waals surface area contributed by atoms with Gasteiger partial charge in [-0.15, -0.1) is 12.4 Å².